The van der Waals surface area contributed by atoms with E-state index in [-0.39, 0.29) is 21.9 Å². The van der Waals surface area contributed by atoms with Crippen molar-refractivity contribution < 1.29 is 22.6 Å². The van der Waals surface area contributed by atoms with Gasteiger partial charge in [0.15, 0.2) is 16.6 Å². The Morgan fingerprint density at radius 3 is 2.48 bits per heavy atom. The van der Waals surface area contributed by atoms with Crippen LogP contribution in [-0.2, 0) is 12.7 Å². The van der Waals surface area contributed by atoms with E-state index >= 15 is 0 Å². The second kappa shape index (κ2) is 9.96. The van der Waals surface area contributed by atoms with Gasteiger partial charge in [0, 0.05) is 23.2 Å². The third-order valence-electron chi connectivity index (χ3n) is 5.38. The smallest absolute Gasteiger partial charge is 0.418 e. The van der Waals surface area contributed by atoms with Gasteiger partial charge in [-0.05, 0) is 49.3 Å². The van der Waals surface area contributed by atoms with Crippen molar-refractivity contribution in [3.8, 4) is 11.5 Å². The van der Waals surface area contributed by atoms with Gasteiger partial charge in [-0.3, -0.25) is 0 Å². The van der Waals surface area contributed by atoms with Crippen LogP contribution in [0.5, 0.6) is 11.5 Å². The highest BCUT2D eigenvalue weighted by atomic mass is 35.5. The van der Waals surface area contributed by atoms with Crippen LogP contribution in [0.1, 0.15) is 36.8 Å². The van der Waals surface area contributed by atoms with Crippen LogP contribution in [0.3, 0.4) is 0 Å². The molecule has 2 aromatic carbocycles. The molecule has 1 fully saturated rings. The highest BCUT2D eigenvalue weighted by Gasteiger charge is 2.35. The molecule has 31 heavy (non-hydrogen) atoms. The molecule has 1 N–H and O–H groups in total. The summed E-state index contributed by atoms with van der Waals surface area (Å²) < 4.78 is 51.5. The molecule has 1 aliphatic carbocycles. The molecule has 3 rings (SSSR count). The van der Waals surface area contributed by atoms with Crippen molar-refractivity contribution in [1.29, 1.82) is 0 Å². The van der Waals surface area contributed by atoms with Crippen LogP contribution < -0.4 is 14.8 Å². The van der Waals surface area contributed by atoms with Gasteiger partial charge in [-0.15, -0.1) is 0 Å². The Labute approximate surface area is 190 Å². The number of methoxy groups -OCH3 is 2. The van der Waals surface area contributed by atoms with Gasteiger partial charge >= 0.3 is 6.18 Å². The van der Waals surface area contributed by atoms with E-state index in [1.54, 1.807) is 20.3 Å². The van der Waals surface area contributed by atoms with E-state index in [9.17, 15) is 13.2 Å². The number of nitrogens with one attached hydrogen (secondary N) is 1. The van der Waals surface area contributed by atoms with E-state index < -0.39 is 11.7 Å². The zero-order valence-corrected chi connectivity index (χ0v) is 18.8. The number of anilines is 1. The molecular weight excluding hydrogens is 449 g/mol. The van der Waals surface area contributed by atoms with Gasteiger partial charge in [0.05, 0.1) is 25.5 Å². The maximum absolute atomic E-state index is 13.5. The van der Waals surface area contributed by atoms with Crippen molar-refractivity contribution >= 4 is 34.6 Å². The number of benzene rings is 2. The molecule has 9 heteroatoms. The van der Waals surface area contributed by atoms with Crippen molar-refractivity contribution in [1.82, 2.24) is 4.90 Å². The molecule has 0 unspecified atom stereocenters. The number of hydrogen-bond donors (Lipinski definition) is 1. The van der Waals surface area contributed by atoms with Crippen molar-refractivity contribution in [2.75, 3.05) is 19.5 Å². The summed E-state index contributed by atoms with van der Waals surface area (Å²) in [4.78, 5) is 1.94. The molecule has 0 atom stereocenters. The lowest BCUT2D eigenvalue weighted by molar-refractivity contribution is -0.136. The zero-order valence-electron chi connectivity index (χ0n) is 17.3. The molecule has 0 aliphatic heterocycles. The highest BCUT2D eigenvalue weighted by Crippen LogP contribution is 2.38. The van der Waals surface area contributed by atoms with E-state index in [1.807, 2.05) is 17.0 Å². The highest BCUT2D eigenvalue weighted by molar-refractivity contribution is 7.80. The first kappa shape index (κ1) is 23.5. The first-order valence-electron chi connectivity index (χ1n) is 9.88. The van der Waals surface area contributed by atoms with Crippen molar-refractivity contribution in [2.24, 2.45) is 0 Å². The standard InChI is InChI=1S/C22H24ClF3N2O2S/c1-29-19-9-5-6-14(20(19)30-2)13-28(16-7-3-4-8-16)21(31)27-18-11-10-15(23)12-17(18)22(24,25)26/h5-6,9-12,16H,3-4,7-8,13H2,1-2H3,(H,27,31). The zero-order chi connectivity index (χ0) is 22.6. The lowest BCUT2D eigenvalue weighted by atomic mass is 10.1. The summed E-state index contributed by atoms with van der Waals surface area (Å²) >= 11 is 11.4. The number of rotatable bonds is 6. The summed E-state index contributed by atoms with van der Waals surface area (Å²) in [5.41, 5.74) is -0.139. The van der Waals surface area contributed by atoms with Gasteiger partial charge < -0.3 is 19.7 Å². The number of halogens is 4. The van der Waals surface area contributed by atoms with Gasteiger partial charge in [0.25, 0.3) is 0 Å². The fraction of sp³-hybridized carbons (Fsp3) is 0.409. The Morgan fingerprint density at radius 2 is 1.87 bits per heavy atom. The lowest BCUT2D eigenvalue weighted by Crippen LogP contribution is -2.41. The van der Waals surface area contributed by atoms with Crippen LogP contribution in [0.25, 0.3) is 0 Å². The van der Waals surface area contributed by atoms with E-state index in [1.165, 1.54) is 12.1 Å². The predicted molar refractivity (Wildman–Crippen MR) is 120 cm³/mol. The van der Waals surface area contributed by atoms with E-state index in [0.29, 0.717) is 18.0 Å². The Hall–Kier alpha value is -2.19. The van der Waals surface area contributed by atoms with Crippen LogP contribution in [0.15, 0.2) is 36.4 Å². The van der Waals surface area contributed by atoms with E-state index in [0.717, 1.165) is 37.3 Å². The Kier molecular flexibility index (Phi) is 7.54. The minimum Gasteiger partial charge on any atom is -0.493 e. The number of alkyl halides is 3. The quantitative estimate of drug-likeness (QED) is 0.484. The fourth-order valence-corrected chi connectivity index (χ4v) is 4.39. The average molecular weight is 473 g/mol. The van der Waals surface area contributed by atoms with Crippen molar-refractivity contribution in [3.05, 3.63) is 52.5 Å². The molecule has 0 amide bonds. The molecule has 1 saturated carbocycles. The Bertz CT molecular complexity index is 933. The van der Waals surface area contributed by atoms with Crippen LogP contribution in [0.4, 0.5) is 18.9 Å². The molecule has 0 heterocycles. The summed E-state index contributed by atoms with van der Waals surface area (Å²) in [5, 5.41) is 3.05. The second-order valence-electron chi connectivity index (χ2n) is 7.34. The first-order valence-corrected chi connectivity index (χ1v) is 10.7. The third-order valence-corrected chi connectivity index (χ3v) is 5.95. The Morgan fingerprint density at radius 1 is 1.16 bits per heavy atom. The van der Waals surface area contributed by atoms with Gasteiger partial charge in [-0.2, -0.15) is 13.2 Å². The molecule has 0 saturated heterocycles. The van der Waals surface area contributed by atoms with E-state index in [2.05, 4.69) is 5.32 Å². The van der Waals surface area contributed by atoms with Crippen molar-refractivity contribution in [3.63, 3.8) is 0 Å². The molecule has 4 nitrogen and oxygen atoms in total. The van der Waals surface area contributed by atoms with Crippen LogP contribution >= 0.6 is 23.8 Å². The monoisotopic (exact) mass is 472 g/mol. The third kappa shape index (κ3) is 5.54. The summed E-state index contributed by atoms with van der Waals surface area (Å²) in [7, 11) is 3.11. The van der Waals surface area contributed by atoms with Crippen LogP contribution in [0.2, 0.25) is 5.02 Å². The molecule has 168 valence electrons. The molecule has 2 aromatic rings. The molecule has 0 bridgehead atoms. The van der Waals surface area contributed by atoms with Crippen molar-refractivity contribution in [2.45, 2.75) is 44.4 Å². The first-order chi connectivity index (χ1) is 14.7. The number of nitrogens with zero attached hydrogens (tertiary/aromatic N) is 1. The molecule has 1 aliphatic rings. The molecular formula is C22H24ClF3N2O2S. The minimum absolute atomic E-state index is 0.0116. The van der Waals surface area contributed by atoms with E-state index in [4.69, 9.17) is 33.3 Å². The number of ether oxygens (including phenoxy) is 2. The SMILES string of the molecule is COc1cccc(CN(C(=S)Nc2ccc(Cl)cc2C(F)(F)F)C2CCCC2)c1OC. The summed E-state index contributed by atoms with van der Waals surface area (Å²) in [6.07, 6.45) is -0.625. The second-order valence-corrected chi connectivity index (χ2v) is 8.16. The summed E-state index contributed by atoms with van der Waals surface area (Å²) in [6.45, 7) is 0.381. The number of hydrogen-bond acceptors (Lipinski definition) is 3. The predicted octanol–water partition coefficient (Wildman–Crippen LogP) is 6.52. The topological polar surface area (TPSA) is 33.7 Å². The summed E-state index contributed by atoms with van der Waals surface area (Å²) in [6, 6.07) is 9.27. The maximum Gasteiger partial charge on any atom is 0.418 e. The van der Waals surface area contributed by atoms with Gasteiger partial charge in [-0.25, -0.2) is 0 Å². The normalized spacial score (nSPS) is 14.4. The average Bonchev–Trinajstić information content (AvgIpc) is 3.26. The number of thiocarbonyl (C=S) groups is 1. The summed E-state index contributed by atoms with van der Waals surface area (Å²) in [5.74, 6) is 1.17. The minimum atomic E-state index is -4.56. The van der Waals surface area contributed by atoms with Crippen LogP contribution in [0, 0.1) is 0 Å². The molecule has 0 spiro atoms. The Balaban J connectivity index is 1.92. The van der Waals surface area contributed by atoms with Gasteiger partial charge in [0.2, 0.25) is 0 Å². The van der Waals surface area contributed by atoms with Gasteiger partial charge in [0.1, 0.15) is 0 Å². The lowest BCUT2D eigenvalue weighted by Gasteiger charge is -2.33. The number of para-hydroxylation sites is 1. The van der Waals surface area contributed by atoms with Gasteiger partial charge in [-0.1, -0.05) is 36.6 Å². The maximum atomic E-state index is 13.5. The fourth-order valence-electron chi connectivity index (χ4n) is 3.89. The molecule has 0 aromatic heterocycles. The van der Waals surface area contributed by atoms with Crippen LogP contribution in [-0.4, -0.2) is 30.3 Å². The molecule has 0 radical (unpaired) electrons. The largest absolute Gasteiger partial charge is 0.493 e.